The smallest absolute Gasteiger partial charge is 0.0211 e. The van der Waals surface area contributed by atoms with E-state index in [1.54, 1.807) is 0 Å². The largest absolute Gasteiger partial charge is 0.316 e. The van der Waals surface area contributed by atoms with Gasteiger partial charge in [0.2, 0.25) is 0 Å². The third-order valence-electron chi connectivity index (χ3n) is 1.12. The summed E-state index contributed by atoms with van der Waals surface area (Å²) in [7, 11) is 0. The second-order valence-corrected chi connectivity index (χ2v) is 2.01. The first-order chi connectivity index (χ1) is 4.91. The molecule has 0 aromatic carbocycles. The highest BCUT2D eigenvalue weighted by Crippen LogP contribution is 1.82. The summed E-state index contributed by atoms with van der Waals surface area (Å²) in [5.74, 6) is 5.13. The summed E-state index contributed by atoms with van der Waals surface area (Å²) in [5, 5.41) is 3.18. The van der Waals surface area contributed by atoms with Gasteiger partial charge in [0.05, 0.1) is 0 Å². The third-order valence-corrected chi connectivity index (χ3v) is 1.12. The van der Waals surface area contributed by atoms with Gasteiger partial charge in [-0.1, -0.05) is 0 Å². The fourth-order valence-corrected chi connectivity index (χ4v) is 0.601. The van der Waals surface area contributed by atoms with Gasteiger partial charge in [0.1, 0.15) is 0 Å². The third kappa shape index (κ3) is 7.08. The topological polar surface area (TPSA) is 12.0 Å². The number of nitrogens with one attached hydrogen (secondary N) is 1. The molecule has 0 bridgehead atoms. The number of terminal acetylenes is 2. The highest BCUT2D eigenvalue weighted by molar-refractivity contribution is 4.85. The number of hydrogen-bond donors (Lipinski definition) is 1. The summed E-state index contributed by atoms with van der Waals surface area (Å²) in [6, 6.07) is 0. The zero-order valence-electron chi connectivity index (χ0n) is 6.19. The number of rotatable bonds is 5. The lowest BCUT2D eigenvalue weighted by atomic mass is 10.3. The van der Waals surface area contributed by atoms with Gasteiger partial charge in [-0.05, 0) is 13.0 Å². The van der Waals surface area contributed by atoms with E-state index in [2.05, 4.69) is 17.2 Å². The molecule has 0 aromatic rings. The summed E-state index contributed by atoms with van der Waals surface area (Å²) >= 11 is 0. The average molecular weight is 135 g/mol. The summed E-state index contributed by atoms with van der Waals surface area (Å²) in [5.41, 5.74) is 0. The molecule has 0 saturated carbocycles. The molecule has 1 N–H and O–H groups in total. The monoisotopic (exact) mass is 135 g/mol. The SMILES string of the molecule is C#CCCCNCCC#C. The fraction of sp³-hybridized carbons (Fsp3) is 0.556. The minimum atomic E-state index is 0.802. The minimum absolute atomic E-state index is 0.802. The second-order valence-electron chi connectivity index (χ2n) is 2.01. The highest BCUT2D eigenvalue weighted by Gasteiger charge is 1.83. The van der Waals surface area contributed by atoms with Crippen LogP contribution in [0.2, 0.25) is 0 Å². The molecule has 0 spiro atoms. The van der Waals surface area contributed by atoms with E-state index in [0.29, 0.717) is 0 Å². The lowest BCUT2D eigenvalue weighted by molar-refractivity contribution is 0.666. The van der Waals surface area contributed by atoms with Crippen LogP contribution < -0.4 is 5.32 Å². The molecule has 0 aromatic heterocycles. The first-order valence-electron chi connectivity index (χ1n) is 3.49. The quantitative estimate of drug-likeness (QED) is 0.438. The van der Waals surface area contributed by atoms with Crippen LogP contribution in [0.25, 0.3) is 0 Å². The Morgan fingerprint density at radius 1 is 1.00 bits per heavy atom. The van der Waals surface area contributed by atoms with Crippen molar-refractivity contribution in [2.75, 3.05) is 13.1 Å². The van der Waals surface area contributed by atoms with Crippen LogP contribution in [0, 0.1) is 24.7 Å². The van der Waals surface area contributed by atoms with Gasteiger partial charge in [0.25, 0.3) is 0 Å². The zero-order valence-corrected chi connectivity index (χ0v) is 6.19. The van der Waals surface area contributed by atoms with Crippen LogP contribution in [0.3, 0.4) is 0 Å². The first kappa shape index (κ1) is 9.08. The van der Waals surface area contributed by atoms with Crippen molar-refractivity contribution in [1.29, 1.82) is 0 Å². The predicted molar refractivity (Wildman–Crippen MR) is 44.4 cm³/mol. The summed E-state index contributed by atoms with van der Waals surface area (Å²) in [6.45, 7) is 1.88. The standard InChI is InChI=1S/C9H13N/c1-3-5-7-9-10-8-6-4-2/h1-2,10H,5-9H2. The van der Waals surface area contributed by atoms with E-state index in [0.717, 1.165) is 32.4 Å². The Labute approximate surface area is 63.2 Å². The van der Waals surface area contributed by atoms with E-state index in [-0.39, 0.29) is 0 Å². The maximum absolute atomic E-state index is 5.06. The fourth-order valence-electron chi connectivity index (χ4n) is 0.601. The van der Waals surface area contributed by atoms with Crippen molar-refractivity contribution in [1.82, 2.24) is 5.32 Å². The van der Waals surface area contributed by atoms with Crippen molar-refractivity contribution >= 4 is 0 Å². The maximum Gasteiger partial charge on any atom is 0.0211 e. The Bertz CT molecular complexity index is 118. The zero-order chi connectivity index (χ0) is 7.66. The van der Waals surface area contributed by atoms with Crippen molar-refractivity contribution in [3.8, 4) is 24.7 Å². The minimum Gasteiger partial charge on any atom is -0.316 e. The second kappa shape index (κ2) is 8.08. The first-order valence-corrected chi connectivity index (χ1v) is 3.49. The molecule has 0 aliphatic rings. The Morgan fingerprint density at radius 2 is 1.70 bits per heavy atom. The van der Waals surface area contributed by atoms with Crippen LogP contribution in [-0.4, -0.2) is 13.1 Å². The average Bonchev–Trinajstić information content (AvgIpc) is 1.97. The van der Waals surface area contributed by atoms with Crippen LogP contribution in [0.4, 0.5) is 0 Å². The van der Waals surface area contributed by atoms with Gasteiger partial charge in [-0.2, -0.15) is 0 Å². The predicted octanol–water partition coefficient (Wildman–Crippen LogP) is 1.01. The summed E-state index contributed by atoms with van der Waals surface area (Å²) < 4.78 is 0. The van der Waals surface area contributed by atoms with Gasteiger partial charge in [-0.15, -0.1) is 24.7 Å². The molecule has 0 radical (unpaired) electrons. The highest BCUT2D eigenvalue weighted by atomic mass is 14.8. The number of unbranched alkanes of at least 4 members (excludes halogenated alkanes) is 1. The molecular formula is C9H13N. The van der Waals surface area contributed by atoms with Crippen molar-refractivity contribution in [3.05, 3.63) is 0 Å². The molecule has 54 valence electrons. The van der Waals surface area contributed by atoms with Crippen LogP contribution in [0.5, 0.6) is 0 Å². The molecule has 0 amide bonds. The van der Waals surface area contributed by atoms with Crippen molar-refractivity contribution in [2.24, 2.45) is 0 Å². The van der Waals surface area contributed by atoms with E-state index in [1.807, 2.05) is 0 Å². The molecule has 0 fully saturated rings. The molecule has 0 aliphatic heterocycles. The Morgan fingerprint density at radius 3 is 2.30 bits per heavy atom. The molecule has 0 atom stereocenters. The van der Waals surface area contributed by atoms with Crippen LogP contribution >= 0.6 is 0 Å². The molecular weight excluding hydrogens is 122 g/mol. The van der Waals surface area contributed by atoms with E-state index in [9.17, 15) is 0 Å². The summed E-state index contributed by atoms with van der Waals surface area (Å²) in [6.07, 6.45) is 12.8. The Hall–Kier alpha value is -0.920. The van der Waals surface area contributed by atoms with E-state index >= 15 is 0 Å². The summed E-state index contributed by atoms with van der Waals surface area (Å²) in [4.78, 5) is 0. The van der Waals surface area contributed by atoms with Gasteiger partial charge in [0.15, 0.2) is 0 Å². The molecule has 0 aliphatic carbocycles. The lowest BCUT2D eigenvalue weighted by Crippen LogP contribution is -2.15. The van der Waals surface area contributed by atoms with Crippen molar-refractivity contribution < 1.29 is 0 Å². The molecule has 1 nitrogen and oxygen atoms in total. The van der Waals surface area contributed by atoms with Gasteiger partial charge in [-0.25, -0.2) is 0 Å². The van der Waals surface area contributed by atoms with E-state index < -0.39 is 0 Å². The molecule has 0 rings (SSSR count). The van der Waals surface area contributed by atoms with Crippen molar-refractivity contribution in [3.63, 3.8) is 0 Å². The maximum atomic E-state index is 5.06. The molecule has 0 heterocycles. The molecule has 0 unspecified atom stereocenters. The van der Waals surface area contributed by atoms with Gasteiger partial charge in [-0.3, -0.25) is 0 Å². The van der Waals surface area contributed by atoms with Gasteiger partial charge < -0.3 is 5.32 Å². The Kier molecular flexibility index (Phi) is 7.34. The molecule has 0 saturated heterocycles. The van der Waals surface area contributed by atoms with E-state index in [4.69, 9.17) is 12.8 Å². The van der Waals surface area contributed by atoms with Gasteiger partial charge >= 0.3 is 0 Å². The van der Waals surface area contributed by atoms with Crippen LogP contribution in [0.1, 0.15) is 19.3 Å². The van der Waals surface area contributed by atoms with Crippen LogP contribution in [-0.2, 0) is 0 Å². The Balaban J connectivity index is 2.80. The van der Waals surface area contributed by atoms with E-state index in [1.165, 1.54) is 0 Å². The number of hydrogen-bond acceptors (Lipinski definition) is 1. The molecule has 10 heavy (non-hydrogen) atoms. The van der Waals surface area contributed by atoms with Gasteiger partial charge in [0, 0.05) is 19.4 Å². The van der Waals surface area contributed by atoms with Crippen molar-refractivity contribution in [2.45, 2.75) is 19.3 Å². The van der Waals surface area contributed by atoms with Crippen LogP contribution in [0.15, 0.2) is 0 Å². The molecule has 1 heteroatoms. The normalized spacial score (nSPS) is 8.20. The lowest BCUT2D eigenvalue weighted by Gasteiger charge is -1.97.